The normalized spacial score (nSPS) is 15.3. The molecule has 1 fully saturated rings. The molecule has 3 rings (SSSR count). The summed E-state index contributed by atoms with van der Waals surface area (Å²) in [6.07, 6.45) is 1.60. The van der Waals surface area contributed by atoms with Crippen LogP contribution >= 0.6 is 23.4 Å². The third kappa shape index (κ3) is 4.92. The molecule has 2 aromatic rings. The molecular formula is C21H19ClFNO4S. The van der Waals surface area contributed by atoms with E-state index in [1.54, 1.807) is 30.3 Å². The van der Waals surface area contributed by atoms with Crippen LogP contribution in [-0.4, -0.2) is 29.3 Å². The predicted molar refractivity (Wildman–Crippen MR) is 112 cm³/mol. The quantitative estimate of drug-likeness (QED) is 0.536. The van der Waals surface area contributed by atoms with Crippen LogP contribution in [0.25, 0.3) is 6.08 Å². The van der Waals surface area contributed by atoms with E-state index in [0.29, 0.717) is 40.9 Å². The van der Waals surface area contributed by atoms with Crippen LogP contribution in [-0.2, 0) is 11.3 Å². The zero-order chi connectivity index (χ0) is 21.0. The molecule has 1 saturated heterocycles. The molecule has 0 unspecified atom stereocenters. The zero-order valence-corrected chi connectivity index (χ0v) is 17.5. The molecule has 1 aliphatic rings. The molecule has 0 spiro atoms. The minimum absolute atomic E-state index is 0.0799. The average molecular weight is 436 g/mol. The van der Waals surface area contributed by atoms with E-state index in [0.717, 1.165) is 16.7 Å². The maximum atomic E-state index is 13.1. The summed E-state index contributed by atoms with van der Waals surface area (Å²) in [5, 5.41) is -0.0257. The Morgan fingerprint density at radius 2 is 1.79 bits per heavy atom. The van der Waals surface area contributed by atoms with Gasteiger partial charge in [-0.1, -0.05) is 23.7 Å². The van der Waals surface area contributed by atoms with Crippen molar-refractivity contribution in [2.24, 2.45) is 0 Å². The predicted octanol–water partition coefficient (Wildman–Crippen LogP) is 5.51. The first-order valence-electron chi connectivity index (χ1n) is 9.01. The number of carbonyl (C=O) groups is 2. The summed E-state index contributed by atoms with van der Waals surface area (Å²) in [4.78, 5) is 26.4. The van der Waals surface area contributed by atoms with Crippen molar-refractivity contribution in [3.05, 3.63) is 63.3 Å². The fourth-order valence-electron chi connectivity index (χ4n) is 2.78. The average Bonchev–Trinajstić information content (AvgIpc) is 2.94. The summed E-state index contributed by atoms with van der Waals surface area (Å²) in [5.74, 6) is 0.128. The first-order chi connectivity index (χ1) is 13.9. The Labute approximate surface area is 177 Å². The van der Waals surface area contributed by atoms with Gasteiger partial charge in [-0.15, -0.1) is 0 Å². The van der Waals surface area contributed by atoms with E-state index in [2.05, 4.69) is 0 Å². The van der Waals surface area contributed by atoms with E-state index in [9.17, 15) is 14.0 Å². The van der Waals surface area contributed by atoms with Gasteiger partial charge in [0.2, 0.25) is 0 Å². The van der Waals surface area contributed by atoms with Gasteiger partial charge >= 0.3 is 0 Å². The molecule has 0 bridgehead atoms. The summed E-state index contributed by atoms with van der Waals surface area (Å²) < 4.78 is 24.2. The molecule has 0 atom stereocenters. The van der Waals surface area contributed by atoms with Crippen LogP contribution in [0.3, 0.4) is 0 Å². The molecule has 1 heterocycles. The molecule has 1 aliphatic heterocycles. The number of hydrogen-bond acceptors (Lipinski definition) is 5. The summed E-state index contributed by atoms with van der Waals surface area (Å²) in [7, 11) is 0. The van der Waals surface area contributed by atoms with Gasteiger partial charge in [0.1, 0.15) is 5.82 Å². The topological polar surface area (TPSA) is 55.8 Å². The highest BCUT2D eigenvalue weighted by Gasteiger charge is 2.35. The van der Waals surface area contributed by atoms with Gasteiger partial charge in [-0.05, 0) is 67.1 Å². The van der Waals surface area contributed by atoms with Crippen molar-refractivity contribution in [1.82, 2.24) is 4.90 Å². The Morgan fingerprint density at radius 3 is 2.45 bits per heavy atom. The monoisotopic (exact) mass is 435 g/mol. The number of thioether (sulfide) groups is 1. The molecule has 0 N–H and O–H groups in total. The second-order valence-corrected chi connectivity index (χ2v) is 7.49. The van der Waals surface area contributed by atoms with Crippen molar-refractivity contribution in [2.75, 3.05) is 13.2 Å². The minimum Gasteiger partial charge on any atom is -0.490 e. The van der Waals surface area contributed by atoms with Gasteiger partial charge in [-0.25, -0.2) is 4.39 Å². The van der Waals surface area contributed by atoms with Gasteiger partial charge in [0.05, 0.1) is 29.7 Å². The standard InChI is InChI=1S/C21H19ClFNO4S/c1-3-27-17-10-14(9-16(22)19(17)28-4-2)11-18-20(25)24(21(26)29-18)12-13-5-7-15(23)8-6-13/h5-11H,3-4,12H2,1-2H3/b18-11-. The van der Waals surface area contributed by atoms with Crippen molar-refractivity contribution in [3.63, 3.8) is 0 Å². The van der Waals surface area contributed by atoms with Gasteiger partial charge < -0.3 is 9.47 Å². The number of rotatable bonds is 7. The SMILES string of the molecule is CCOc1cc(/C=C2\SC(=O)N(Cc3ccc(F)cc3)C2=O)cc(Cl)c1OCC. The lowest BCUT2D eigenvalue weighted by molar-refractivity contribution is -0.123. The third-order valence-electron chi connectivity index (χ3n) is 4.05. The first kappa shape index (κ1) is 21.2. The fraction of sp³-hybridized carbons (Fsp3) is 0.238. The Kier molecular flexibility index (Phi) is 6.82. The molecule has 152 valence electrons. The van der Waals surface area contributed by atoms with Crippen LogP contribution in [0.1, 0.15) is 25.0 Å². The number of hydrogen-bond donors (Lipinski definition) is 0. The molecule has 0 radical (unpaired) electrons. The molecule has 0 aliphatic carbocycles. The molecular weight excluding hydrogens is 417 g/mol. The van der Waals surface area contributed by atoms with Crippen LogP contribution in [0.5, 0.6) is 11.5 Å². The molecule has 0 saturated carbocycles. The van der Waals surface area contributed by atoms with E-state index >= 15 is 0 Å². The van der Waals surface area contributed by atoms with Gasteiger partial charge in [0, 0.05) is 0 Å². The zero-order valence-electron chi connectivity index (χ0n) is 15.9. The highest BCUT2D eigenvalue weighted by atomic mass is 35.5. The van der Waals surface area contributed by atoms with Gasteiger partial charge in [-0.3, -0.25) is 14.5 Å². The second-order valence-electron chi connectivity index (χ2n) is 6.09. The number of halogens is 2. The van der Waals surface area contributed by atoms with Crippen molar-refractivity contribution in [2.45, 2.75) is 20.4 Å². The molecule has 8 heteroatoms. The lowest BCUT2D eigenvalue weighted by atomic mass is 10.1. The lowest BCUT2D eigenvalue weighted by Crippen LogP contribution is -2.27. The van der Waals surface area contributed by atoms with Gasteiger partial charge in [0.15, 0.2) is 11.5 Å². The maximum Gasteiger partial charge on any atom is 0.293 e. The van der Waals surface area contributed by atoms with Crippen LogP contribution in [0.4, 0.5) is 9.18 Å². The Bertz CT molecular complexity index is 962. The first-order valence-corrected chi connectivity index (χ1v) is 10.2. The Hall–Kier alpha value is -2.51. The fourth-order valence-corrected chi connectivity index (χ4v) is 3.89. The largest absolute Gasteiger partial charge is 0.490 e. The van der Waals surface area contributed by atoms with Gasteiger partial charge in [0.25, 0.3) is 11.1 Å². The van der Waals surface area contributed by atoms with E-state index in [4.69, 9.17) is 21.1 Å². The second kappa shape index (κ2) is 9.33. The summed E-state index contributed by atoms with van der Waals surface area (Å²) >= 11 is 7.16. The lowest BCUT2D eigenvalue weighted by Gasteiger charge is -2.13. The molecule has 0 aromatic heterocycles. The molecule has 29 heavy (non-hydrogen) atoms. The Morgan fingerprint density at radius 1 is 1.10 bits per heavy atom. The molecule has 2 aromatic carbocycles. The number of imide groups is 1. The number of ether oxygens (including phenoxy) is 2. The van der Waals surface area contributed by atoms with E-state index in [1.165, 1.54) is 12.1 Å². The summed E-state index contributed by atoms with van der Waals surface area (Å²) in [5.41, 5.74) is 1.28. The Balaban J connectivity index is 1.86. The van der Waals surface area contributed by atoms with E-state index < -0.39 is 5.91 Å². The smallest absolute Gasteiger partial charge is 0.293 e. The molecule has 5 nitrogen and oxygen atoms in total. The highest BCUT2D eigenvalue weighted by molar-refractivity contribution is 8.18. The maximum absolute atomic E-state index is 13.1. The number of carbonyl (C=O) groups excluding carboxylic acids is 2. The van der Waals surface area contributed by atoms with Crippen LogP contribution in [0.2, 0.25) is 5.02 Å². The van der Waals surface area contributed by atoms with Crippen molar-refractivity contribution in [3.8, 4) is 11.5 Å². The van der Waals surface area contributed by atoms with E-state index in [-0.39, 0.29) is 22.5 Å². The highest BCUT2D eigenvalue weighted by Crippen LogP contribution is 2.39. The van der Waals surface area contributed by atoms with Crippen molar-refractivity contribution in [1.29, 1.82) is 0 Å². The van der Waals surface area contributed by atoms with Gasteiger partial charge in [-0.2, -0.15) is 0 Å². The van der Waals surface area contributed by atoms with E-state index in [1.807, 2.05) is 13.8 Å². The summed E-state index contributed by atoms with van der Waals surface area (Å²) in [6, 6.07) is 9.05. The number of nitrogens with zero attached hydrogens (tertiary/aromatic N) is 1. The van der Waals surface area contributed by atoms with Crippen LogP contribution < -0.4 is 9.47 Å². The summed E-state index contributed by atoms with van der Waals surface area (Å²) in [6.45, 7) is 4.63. The van der Waals surface area contributed by atoms with Crippen molar-refractivity contribution >= 4 is 40.6 Å². The third-order valence-corrected chi connectivity index (χ3v) is 5.23. The van der Waals surface area contributed by atoms with Crippen LogP contribution in [0.15, 0.2) is 41.3 Å². The number of amides is 2. The van der Waals surface area contributed by atoms with Crippen LogP contribution in [0, 0.1) is 5.82 Å². The molecule has 2 amide bonds. The van der Waals surface area contributed by atoms with Crippen molar-refractivity contribution < 1.29 is 23.5 Å². The minimum atomic E-state index is -0.410. The number of benzene rings is 2.